The Morgan fingerprint density at radius 3 is 2.11 bits per heavy atom. The molecule has 2 heteroatoms. The molecule has 0 saturated carbocycles. The lowest BCUT2D eigenvalue weighted by Gasteiger charge is -2.18. The van der Waals surface area contributed by atoms with Crippen molar-refractivity contribution in [3.63, 3.8) is 0 Å². The van der Waals surface area contributed by atoms with Gasteiger partial charge in [-0.1, -0.05) is 58.9 Å². The number of aromatic nitrogens is 2. The van der Waals surface area contributed by atoms with Crippen molar-refractivity contribution in [2.24, 2.45) is 0 Å². The summed E-state index contributed by atoms with van der Waals surface area (Å²) >= 11 is 0. The van der Waals surface area contributed by atoms with Crippen LogP contribution in [0.3, 0.4) is 0 Å². The molecule has 1 N–H and O–H groups in total. The Morgan fingerprint density at radius 1 is 1.06 bits per heavy atom. The summed E-state index contributed by atoms with van der Waals surface area (Å²) in [6, 6.07) is 8.73. The number of hydrogen-bond acceptors (Lipinski definition) is 1. The standard InChI is InChI=1S/C16H22N2/c1-11(2)15-17-10-14(18-15)12-6-8-13(9-7-12)16(3,4)5/h6-11H,1-5H3,(H,17,18). The molecule has 18 heavy (non-hydrogen) atoms. The molecule has 0 saturated heterocycles. The highest BCUT2D eigenvalue weighted by molar-refractivity contribution is 5.59. The molecule has 0 atom stereocenters. The van der Waals surface area contributed by atoms with Crippen LogP contribution in [0.4, 0.5) is 0 Å². The van der Waals surface area contributed by atoms with Gasteiger partial charge in [0.05, 0.1) is 11.9 Å². The van der Waals surface area contributed by atoms with E-state index in [4.69, 9.17) is 0 Å². The van der Waals surface area contributed by atoms with Gasteiger partial charge in [0.2, 0.25) is 0 Å². The average molecular weight is 242 g/mol. The van der Waals surface area contributed by atoms with Crippen molar-refractivity contribution in [3.8, 4) is 11.3 Å². The number of nitrogens with one attached hydrogen (secondary N) is 1. The van der Waals surface area contributed by atoms with Gasteiger partial charge in [-0.05, 0) is 16.5 Å². The number of aromatic amines is 1. The third kappa shape index (κ3) is 2.63. The van der Waals surface area contributed by atoms with E-state index in [0.717, 1.165) is 11.5 Å². The van der Waals surface area contributed by atoms with Crippen molar-refractivity contribution >= 4 is 0 Å². The summed E-state index contributed by atoms with van der Waals surface area (Å²) < 4.78 is 0. The maximum Gasteiger partial charge on any atom is 0.109 e. The normalized spacial score (nSPS) is 12.1. The molecule has 2 nitrogen and oxygen atoms in total. The Labute approximate surface area is 109 Å². The van der Waals surface area contributed by atoms with Crippen LogP contribution >= 0.6 is 0 Å². The summed E-state index contributed by atoms with van der Waals surface area (Å²) in [5.41, 5.74) is 3.85. The monoisotopic (exact) mass is 242 g/mol. The van der Waals surface area contributed by atoms with E-state index < -0.39 is 0 Å². The van der Waals surface area contributed by atoms with E-state index in [2.05, 4.69) is 68.9 Å². The van der Waals surface area contributed by atoms with Crippen molar-refractivity contribution in [1.29, 1.82) is 0 Å². The second-order valence-electron chi connectivity index (χ2n) is 6.16. The first-order chi connectivity index (χ1) is 8.38. The van der Waals surface area contributed by atoms with E-state index in [1.807, 2.05) is 6.20 Å². The molecular weight excluding hydrogens is 220 g/mol. The molecule has 0 bridgehead atoms. The highest BCUT2D eigenvalue weighted by atomic mass is 14.9. The number of H-pyrrole nitrogens is 1. The number of nitrogens with zero attached hydrogens (tertiary/aromatic N) is 1. The second kappa shape index (κ2) is 4.60. The van der Waals surface area contributed by atoms with Crippen LogP contribution in [0.5, 0.6) is 0 Å². The lowest BCUT2D eigenvalue weighted by atomic mass is 9.86. The van der Waals surface area contributed by atoms with Gasteiger partial charge in [0, 0.05) is 5.92 Å². The molecule has 1 aromatic heterocycles. The van der Waals surface area contributed by atoms with Crippen molar-refractivity contribution < 1.29 is 0 Å². The van der Waals surface area contributed by atoms with Gasteiger partial charge in [0.25, 0.3) is 0 Å². The van der Waals surface area contributed by atoms with Gasteiger partial charge in [-0.25, -0.2) is 4.98 Å². The molecular formula is C16H22N2. The van der Waals surface area contributed by atoms with Gasteiger partial charge in [-0.3, -0.25) is 0 Å². The maximum atomic E-state index is 4.41. The Morgan fingerprint density at radius 2 is 1.67 bits per heavy atom. The first-order valence-corrected chi connectivity index (χ1v) is 6.54. The fraction of sp³-hybridized carbons (Fsp3) is 0.438. The first kappa shape index (κ1) is 12.9. The molecule has 0 amide bonds. The fourth-order valence-electron chi connectivity index (χ4n) is 1.93. The highest BCUT2D eigenvalue weighted by Crippen LogP contribution is 2.25. The van der Waals surface area contributed by atoms with Crippen molar-refractivity contribution in [3.05, 3.63) is 41.9 Å². The molecule has 0 spiro atoms. The van der Waals surface area contributed by atoms with E-state index in [1.54, 1.807) is 0 Å². The number of rotatable bonds is 2. The quantitative estimate of drug-likeness (QED) is 0.825. The molecule has 0 fully saturated rings. The molecule has 0 aliphatic heterocycles. The van der Waals surface area contributed by atoms with Crippen LogP contribution < -0.4 is 0 Å². The molecule has 1 heterocycles. The minimum Gasteiger partial charge on any atom is -0.342 e. The molecule has 0 unspecified atom stereocenters. The summed E-state index contributed by atoms with van der Waals surface area (Å²) in [6.07, 6.45) is 1.92. The largest absolute Gasteiger partial charge is 0.342 e. The van der Waals surface area contributed by atoms with E-state index in [1.165, 1.54) is 11.1 Å². The van der Waals surface area contributed by atoms with Crippen LogP contribution in [0.15, 0.2) is 30.5 Å². The number of imidazole rings is 1. The van der Waals surface area contributed by atoms with Crippen LogP contribution in [-0.2, 0) is 5.41 Å². The second-order valence-corrected chi connectivity index (χ2v) is 6.16. The molecule has 96 valence electrons. The predicted octanol–water partition coefficient (Wildman–Crippen LogP) is 4.50. The topological polar surface area (TPSA) is 28.7 Å². The lowest BCUT2D eigenvalue weighted by Crippen LogP contribution is -2.10. The maximum absolute atomic E-state index is 4.41. The van der Waals surface area contributed by atoms with Crippen molar-refractivity contribution in [2.75, 3.05) is 0 Å². The molecule has 0 aliphatic carbocycles. The molecule has 1 aromatic carbocycles. The van der Waals surface area contributed by atoms with Gasteiger partial charge >= 0.3 is 0 Å². The van der Waals surface area contributed by atoms with Crippen LogP contribution in [0.25, 0.3) is 11.3 Å². The molecule has 0 radical (unpaired) electrons. The molecule has 2 rings (SSSR count). The summed E-state index contributed by atoms with van der Waals surface area (Å²) in [6.45, 7) is 11.0. The van der Waals surface area contributed by atoms with Crippen LogP contribution in [0.2, 0.25) is 0 Å². The van der Waals surface area contributed by atoms with Gasteiger partial charge in [0.15, 0.2) is 0 Å². The minimum absolute atomic E-state index is 0.204. The molecule has 2 aromatic rings. The van der Waals surface area contributed by atoms with E-state index in [-0.39, 0.29) is 5.41 Å². The zero-order valence-corrected chi connectivity index (χ0v) is 11.9. The third-order valence-corrected chi connectivity index (χ3v) is 3.20. The summed E-state index contributed by atoms with van der Waals surface area (Å²) in [7, 11) is 0. The fourth-order valence-corrected chi connectivity index (χ4v) is 1.93. The van der Waals surface area contributed by atoms with E-state index in [9.17, 15) is 0 Å². The predicted molar refractivity (Wildman–Crippen MR) is 76.8 cm³/mol. The third-order valence-electron chi connectivity index (χ3n) is 3.20. The Bertz CT molecular complexity index is 513. The van der Waals surface area contributed by atoms with Gasteiger partial charge in [-0.15, -0.1) is 0 Å². The van der Waals surface area contributed by atoms with Crippen LogP contribution in [0.1, 0.15) is 51.9 Å². The summed E-state index contributed by atoms with van der Waals surface area (Å²) in [5, 5.41) is 0. The van der Waals surface area contributed by atoms with Gasteiger partial charge in [-0.2, -0.15) is 0 Å². The average Bonchev–Trinajstić information content (AvgIpc) is 2.77. The summed E-state index contributed by atoms with van der Waals surface area (Å²) in [4.78, 5) is 7.78. The van der Waals surface area contributed by atoms with Gasteiger partial charge < -0.3 is 4.98 Å². The zero-order chi connectivity index (χ0) is 13.3. The van der Waals surface area contributed by atoms with E-state index >= 15 is 0 Å². The SMILES string of the molecule is CC(C)c1ncc(-c2ccc(C(C)(C)C)cc2)[nH]1. The Hall–Kier alpha value is -1.57. The number of hydrogen-bond donors (Lipinski definition) is 1. The van der Waals surface area contributed by atoms with Gasteiger partial charge in [0.1, 0.15) is 5.82 Å². The molecule has 0 aliphatic rings. The highest BCUT2D eigenvalue weighted by Gasteiger charge is 2.13. The van der Waals surface area contributed by atoms with Crippen molar-refractivity contribution in [1.82, 2.24) is 9.97 Å². The van der Waals surface area contributed by atoms with Crippen molar-refractivity contribution in [2.45, 2.75) is 46.0 Å². The number of benzene rings is 1. The summed E-state index contributed by atoms with van der Waals surface area (Å²) in [5.74, 6) is 1.48. The first-order valence-electron chi connectivity index (χ1n) is 6.54. The lowest BCUT2D eigenvalue weighted by molar-refractivity contribution is 0.590. The van der Waals surface area contributed by atoms with Crippen LogP contribution in [-0.4, -0.2) is 9.97 Å². The smallest absolute Gasteiger partial charge is 0.109 e. The Balaban J connectivity index is 2.29. The van der Waals surface area contributed by atoms with E-state index in [0.29, 0.717) is 5.92 Å². The Kier molecular flexibility index (Phi) is 3.29. The minimum atomic E-state index is 0.204. The zero-order valence-electron chi connectivity index (χ0n) is 11.9. The van der Waals surface area contributed by atoms with Crippen LogP contribution in [0, 0.1) is 0 Å².